The lowest BCUT2D eigenvalue weighted by Crippen LogP contribution is -2.12. The second-order valence-corrected chi connectivity index (χ2v) is 5.06. The van der Waals surface area contributed by atoms with Gasteiger partial charge in [-0.1, -0.05) is 12.1 Å². The largest absolute Gasteiger partial charge is 0.507 e. The van der Waals surface area contributed by atoms with Crippen molar-refractivity contribution in [3.8, 4) is 11.5 Å². The molecule has 0 aliphatic rings. The van der Waals surface area contributed by atoms with Gasteiger partial charge < -0.3 is 19.0 Å². The first-order valence-corrected chi connectivity index (χ1v) is 6.90. The molecule has 1 heterocycles. The minimum Gasteiger partial charge on any atom is -0.507 e. The molecule has 1 N–H and O–H groups in total. The van der Waals surface area contributed by atoms with Crippen molar-refractivity contribution in [3.05, 3.63) is 46.1 Å². The summed E-state index contributed by atoms with van der Waals surface area (Å²) in [5.41, 5.74) is 1.13. The Labute approximate surface area is 130 Å². The molecule has 0 spiro atoms. The minimum absolute atomic E-state index is 0.0773. The molecule has 0 saturated carbocycles. The molecule has 1 aromatic heterocycles. The van der Waals surface area contributed by atoms with Gasteiger partial charge in [-0.25, -0.2) is 4.79 Å². The maximum Gasteiger partial charge on any atom is 0.343 e. The zero-order valence-corrected chi connectivity index (χ0v) is 12.6. The van der Waals surface area contributed by atoms with Crippen molar-refractivity contribution in [2.75, 3.05) is 13.7 Å². The Morgan fingerprint density at radius 2 is 2.09 bits per heavy atom. The summed E-state index contributed by atoms with van der Waals surface area (Å²) in [6, 6.07) is 7.96. The second kappa shape index (κ2) is 5.64. The number of aromatic hydroxyl groups is 1. The van der Waals surface area contributed by atoms with Gasteiger partial charge in [-0.2, -0.15) is 0 Å². The lowest BCUT2D eigenvalue weighted by molar-refractivity contribution is -0.142. The monoisotopic (exact) mass is 314 g/mol. The Morgan fingerprint density at radius 3 is 2.83 bits per heavy atom. The zero-order valence-electron chi connectivity index (χ0n) is 12.6. The average Bonchev–Trinajstić information content (AvgIpc) is 2.53. The molecule has 0 radical (unpaired) electrons. The summed E-state index contributed by atoms with van der Waals surface area (Å²) in [6.45, 7) is 1.52. The lowest BCUT2D eigenvalue weighted by Gasteiger charge is -2.09. The van der Waals surface area contributed by atoms with E-state index in [1.54, 1.807) is 12.1 Å². The summed E-state index contributed by atoms with van der Waals surface area (Å²) in [5.74, 6) is -0.614. The maximum atomic E-state index is 12.5. The first-order valence-electron chi connectivity index (χ1n) is 6.90. The molecule has 0 unspecified atom stereocenters. The SMILES string of the molecule is COC(=O)COc1cc(O)c2c(=O)c3cccc(C)c3oc2c1. The third-order valence-corrected chi connectivity index (χ3v) is 3.53. The van der Waals surface area contributed by atoms with Crippen LogP contribution in [0.2, 0.25) is 0 Å². The number of hydrogen-bond donors (Lipinski definition) is 1. The van der Waals surface area contributed by atoms with Crippen LogP contribution in [0.15, 0.2) is 39.5 Å². The van der Waals surface area contributed by atoms with E-state index in [0.29, 0.717) is 11.0 Å². The van der Waals surface area contributed by atoms with Crippen molar-refractivity contribution in [3.63, 3.8) is 0 Å². The quantitative estimate of drug-likeness (QED) is 0.590. The van der Waals surface area contributed by atoms with Crippen LogP contribution in [0.25, 0.3) is 21.9 Å². The molecule has 23 heavy (non-hydrogen) atoms. The Kier molecular flexibility index (Phi) is 3.65. The van der Waals surface area contributed by atoms with E-state index in [-0.39, 0.29) is 34.5 Å². The predicted octanol–water partition coefficient (Wildman–Crippen LogP) is 2.51. The zero-order chi connectivity index (χ0) is 16.6. The smallest absolute Gasteiger partial charge is 0.343 e. The molecule has 0 fully saturated rings. The van der Waals surface area contributed by atoms with E-state index in [2.05, 4.69) is 4.74 Å². The third-order valence-electron chi connectivity index (χ3n) is 3.53. The van der Waals surface area contributed by atoms with E-state index >= 15 is 0 Å². The number of carbonyl (C=O) groups is 1. The van der Waals surface area contributed by atoms with Crippen molar-refractivity contribution in [2.24, 2.45) is 0 Å². The topological polar surface area (TPSA) is 86.0 Å². The molecule has 118 valence electrons. The van der Waals surface area contributed by atoms with Gasteiger partial charge in [0.15, 0.2) is 6.61 Å². The van der Waals surface area contributed by atoms with Crippen molar-refractivity contribution < 1.29 is 23.8 Å². The number of hydrogen-bond acceptors (Lipinski definition) is 6. The molecule has 6 nitrogen and oxygen atoms in total. The van der Waals surface area contributed by atoms with Gasteiger partial charge in [0.05, 0.1) is 12.5 Å². The van der Waals surface area contributed by atoms with Gasteiger partial charge in [0.25, 0.3) is 0 Å². The van der Waals surface area contributed by atoms with E-state index in [0.717, 1.165) is 5.56 Å². The molecular weight excluding hydrogens is 300 g/mol. The number of phenols is 1. The van der Waals surface area contributed by atoms with Gasteiger partial charge in [0.1, 0.15) is 28.1 Å². The maximum absolute atomic E-state index is 12.5. The molecule has 0 atom stereocenters. The number of fused-ring (bicyclic) bond motifs is 2. The van der Waals surface area contributed by atoms with Gasteiger partial charge in [-0.15, -0.1) is 0 Å². The molecule has 0 saturated heterocycles. The van der Waals surface area contributed by atoms with Crippen LogP contribution in [0.4, 0.5) is 0 Å². The van der Waals surface area contributed by atoms with E-state index in [1.165, 1.54) is 19.2 Å². The van der Waals surface area contributed by atoms with E-state index in [1.807, 2.05) is 13.0 Å². The number of benzene rings is 2. The molecule has 6 heteroatoms. The summed E-state index contributed by atoms with van der Waals surface area (Å²) in [7, 11) is 1.25. The summed E-state index contributed by atoms with van der Waals surface area (Å²) >= 11 is 0. The van der Waals surface area contributed by atoms with Crippen LogP contribution >= 0.6 is 0 Å². The van der Waals surface area contributed by atoms with Gasteiger partial charge in [-0.05, 0) is 18.6 Å². The fourth-order valence-electron chi connectivity index (χ4n) is 2.38. The Balaban J connectivity index is 2.20. The molecule has 2 aromatic carbocycles. The number of carbonyl (C=O) groups excluding carboxylic acids is 1. The fourth-order valence-corrected chi connectivity index (χ4v) is 2.38. The Morgan fingerprint density at radius 1 is 1.30 bits per heavy atom. The van der Waals surface area contributed by atoms with Crippen LogP contribution in [0.3, 0.4) is 0 Å². The van der Waals surface area contributed by atoms with E-state index in [9.17, 15) is 14.7 Å². The Hall–Kier alpha value is -3.02. The number of phenolic OH excluding ortho intramolecular Hbond substituents is 1. The molecule has 3 rings (SSSR count). The number of ether oxygens (including phenoxy) is 2. The van der Waals surface area contributed by atoms with Crippen molar-refractivity contribution in [1.29, 1.82) is 0 Å². The third kappa shape index (κ3) is 2.59. The number of esters is 1. The van der Waals surface area contributed by atoms with Crippen LogP contribution in [0, 0.1) is 6.92 Å². The highest BCUT2D eigenvalue weighted by molar-refractivity contribution is 5.94. The highest BCUT2D eigenvalue weighted by Gasteiger charge is 2.15. The molecule has 0 amide bonds. The standard InChI is InChI=1S/C17H14O6/c1-9-4-3-5-11-16(20)15-12(18)6-10(22-8-14(19)21-2)7-13(15)23-17(9)11/h3-7,18H,8H2,1-2H3. The summed E-state index contributed by atoms with van der Waals surface area (Å²) < 4.78 is 15.5. The fraction of sp³-hybridized carbons (Fsp3) is 0.176. The van der Waals surface area contributed by atoms with E-state index < -0.39 is 5.97 Å². The molecular formula is C17H14O6. The summed E-state index contributed by atoms with van der Waals surface area (Å²) in [5, 5.41) is 10.6. The molecule has 0 aliphatic carbocycles. The first kappa shape index (κ1) is 14.9. The van der Waals surface area contributed by atoms with E-state index in [4.69, 9.17) is 9.15 Å². The molecule has 3 aromatic rings. The summed E-state index contributed by atoms with van der Waals surface area (Å²) in [4.78, 5) is 23.7. The van der Waals surface area contributed by atoms with Crippen LogP contribution < -0.4 is 10.2 Å². The van der Waals surface area contributed by atoms with Gasteiger partial charge >= 0.3 is 5.97 Å². The summed E-state index contributed by atoms with van der Waals surface area (Å²) in [6.07, 6.45) is 0. The van der Waals surface area contributed by atoms with Crippen LogP contribution in [-0.2, 0) is 9.53 Å². The number of rotatable bonds is 3. The number of para-hydroxylation sites is 1. The average molecular weight is 314 g/mol. The lowest BCUT2D eigenvalue weighted by atomic mass is 10.1. The minimum atomic E-state index is -0.555. The predicted molar refractivity (Wildman–Crippen MR) is 83.9 cm³/mol. The molecule has 0 aliphatic heterocycles. The molecule has 0 bridgehead atoms. The second-order valence-electron chi connectivity index (χ2n) is 5.06. The highest BCUT2D eigenvalue weighted by Crippen LogP contribution is 2.31. The van der Waals surface area contributed by atoms with Gasteiger partial charge in [0, 0.05) is 12.1 Å². The number of aryl methyl sites for hydroxylation is 1. The van der Waals surface area contributed by atoms with Crippen molar-refractivity contribution in [2.45, 2.75) is 6.92 Å². The number of methoxy groups -OCH3 is 1. The van der Waals surface area contributed by atoms with Crippen molar-refractivity contribution >= 4 is 27.9 Å². The van der Waals surface area contributed by atoms with Crippen LogP contribution in [-0.4, -0.2) is 24.8 Å². The first-order chi connectivity index (χ1) is 11.0. The normalized spacial score (nSPS) is 10.9. The van der Waals surface area contributed by atoms with Gasteiger partial charge in [0.2, 0.25) is 5.43 Å². The Bertz CT molecular complexity index is 970. The van der Waals surface area contributed by atoms with Gasteiger partial charge in [-0.3, -0.25) is 4.79 Å². The van der Waals surface area contributed by atoms with Crippen LogP contribution in [0.1, 0.15) is 5.56 Å². The van der Waals surface area contributed by atoms with Crippen LogP contribution in [0.5, 0.6) is 11.5 Å². The van der Waals surface area contributed by atoms with Crippen molar-refractivity contribution in [1.82, 2.24) is 0 Å². The highest BCUT2D eigenvalue weighted by atomic mass is 16.6.